The average molecular weight is 605 g/mol. The number of aromatic nitrogens is 6. The number of nitrogens with one attached hydrogen (secondary N) is 1. The number of carbonyl (C=O) groups excluding carboxylic acids is 2. The summed E-state index contributed by atoms with van der Waals surface area (Å²) in [5.74, 6) is -1.62. The fraction of sp³-hybridized carbons (Fsp3) is 0.0938. The standard InChI is InChI=1S/C32H22ClFN8O2/c33-26-5-2-6-28(29(26)34)42-17-27(39-40-42)32(44)41-12-10-24-23(21-15-36-18-37-16-21)3-1-4-25(24)30(41)31(43)38-22-8-7-20-14-35-11-9-19(20)13-22/h1-9,11,13-18,30H,10,12H2,(H,38,43). The molecule has 3 aromatic heterocycles. The first-order chi connectivity index (χ1) is 21.5. The molecule has 6 aromatic rings. The van der Waals surface area contributed by atoms with Crippen LogP contribution in [0.5, 0.6) is 0 Å². The molecule has 0 aliphatic carbocycles. The van der Waals surface area contributed by atoms with E-state index in [1.807, 2.05) is 36.4 Å². The molecule has 0 spiro atoms. The lowest BCUT2D eigenvalue weighted by Gasteiger charge is -2.36. The summed E-state index contributed by atoms with van der Waals surface area (Å²) in [6.07, 6.45) is 10.1. The topological polar surface area (TPSA) is 119 Å². The van der Waals surface area contributed by atoms with Gasteiger partial charge in [-0.25, -0.2) is 19.0 Å². The normalized spacial score (nSPS) is 14.3. The van der Waals surface area contributed by atoms with Crippen LogP contribution in [0.2, 0.25) is 5.02 Å². The van der Waals surface area contributed by atoms with E-state index in [9.17, 15) is 14.0 Å². The summed E-state index contributed by atoms with van der Waals surface area (Å²) in [5.41, 5.74) is 3.84. The molecule has 216 valence electrons. The smallest absolute Gasteiger partial charge is 0.277 e. The highest BCUT2D eigenvalue weighted by Crippen LogP contribution is 2.37. The van der Waals surface area contributed by atoms with Gasteiger partial charge in [-0.2, -0.15) is 0 Å². The van der Waals surface area contributed by atoms with Crippen LogP contribution < -0.4 is 5.32 Å². The number of hydrogen-bond donors (Lipinski definition) is 1. The molecule has 0 fully saturated rings. The van der Waals surface area contributed by atoms with Crippen LogP contribution in [0.4, 0.5) is 10.1 Å². The summed E-state index contributed by atoms with van der Waals surface area (Å²) in [7, 11) is 0. The Bertz CT molecular complexity index is 2050. The van der Waals surface area contributed by atoms with Crippen LogP contribution in [-0.2, 0) is 11.2 Å². The monoisotopic (exact) mass is 604 g/mol. The van der Waals surface area contributed by atoms with E-state index >= 15 is 0 Å². The molecule has 44 heavy (non-hydrogen) atoms. The molecule has 3 aromatic carbocycles. The fourth-order valence-electron chi connectivity index (χ4n) is 5.55. The number of fused-ring (bicyclic) bond motifs is 2. The molecule has 12 heteroatoms. The summed E-state index contributed by atoms with van der Waals surface area (Å²) in [5, 5.41) is 12.8. The number of nitrogens with zero attached hydrogens (tertiary/aromatic N) is 7. The third kappa shape index (κ3) is 4.92. The van der Waals surface area contributed by atoms with E-state index < -0.39 is 23.7 Å². The Hall–Kier alpha value is -5.55. The summed E-state index contributed by atoms with van der Waals surface area (Å²) < 4.78 is 15.8. The number of benzene rings is 3. The van der Waals surface area contributed by atoms with Crippen LogP contribution >= 0.6 is 11.6 Å². The lowest BCUT2D eigenvalue weighted by Crippen LogP contribution is -2.45. The van der Waals surface area contributed by atoms with Crippen LogP contribution in [-0.4, -0.2) is 53.2 Å². The van der Waals surface area contributed by atoms with Crippen LogP contribution in [0, 0.1) is 5.82 Å². The largest absolute Gasteiger partial charge is 0.324 e. The van der Waals surface area contributed by atoms with Gasteiger partial charge in [0, 0.05) is 48.0 Å². The van der Waals surface area contributed by atoms with Gasteiger partial charge in [-0.15, -0.1) is 5.10 Å². The van der Waals surface area contributed by atoms with Gasteiger partial charge in [0.1, 0.15) is 18.1 Å². The number of carbonyl (C=O) groups is 2. The molecule has 0 radical (unpaired) electrons. The van der Waals surface area contributed by atoms with Crippen molar-refractivity contribution in [2.24, 2.45) is 0 Å². The van der Waals surface area contributed by atoms with E-state index in [0.29, 0.717) is 17.7 Å². The molecule has 10 nitrogen and oxygen atoms in total. The number of pyridine rings is 1. The maximum atomic E-state index is 14.7. The van der Waals surface area contributed by atoms with Gasteiger partial charge in [0.05, 0.1) is 11.2 Å². The molecule has 0 bridgehead atoms. The van der Waals surface area contributed by atoms with Gasteiger partial charge in [0.2, 0.25) is 0 Å². The Morgan fingerprint density at radius 1 is 0.955 bits per heavy atom. The number of amides is 2. The predicted octanol–water partition coefficient (Wildman–Crippen LogP) is 5.44. The van der Waals surface area contributed by atoms with Crippen LogP contribution in [0.3, 0.4) is 0 Å². The van der Waals surface area contributed by atoms with E-state index in [0.717, 1.165) is 32.1 Å². The van der Waals surface area contributed by atoms with Gasteiger partial charge >= 0.3 is 0 Å². The highest BCUT2D eigenvalue weighted by molar-refractivity contribution is 6.30. The Balaban J connectivity index is 1.28. The third-order valence-corrected chi connectivity index (χ3v) is 7.89. The van der Waals surface area contributed by atoms with E-state index in [1.165, 1.54) is 29.6 Å². The summed E-state index contributed by atoms with van der Waals surface area (Å²) in [6.45, 7) is 0.219. The lowest BCUT2D eigenvalue weighted by molar-refractivity contribution is -0.121. The van der Waals surface area contributed by atoms with Crippen molar-refractivity contribution in [1.29, 1.82) is 0 Å². The zero-order valence-corrected chi connectivity index (χ0v) is 23.7. The number of hydrogen-bond acceptors (Lipinski definition) is 7. The maximum absolute atomic E-state index is 14.7. The summed E-state index contributed by atoms with van der Waals surface area (Å²) in [4.78, 5) is 42.0. The van der Waals surface area contributed by atoms with Crippen LogP contribution in [0.15, 0.2) is 98.0 Å². The molecule has 4 heterocycles. The highest BCUT2D eigenvalue weighted by Gasteiger charge is 2.38. The molecule has 1 N–H and O–H groups in total. The van der Waals surface area contributed by atoms with Gasteiger partial charge in [-0.3, -0.25) is 14.6 Å². The quantitative estimate of drug-likeness (QED) is 0.278. The molecule has 1 atom stereocenters. The van der Waals surface area contributed by atoms with Crippen molar-refractivity contribution in [3.8, 4) is 16.8 Å². The van der Waals surface area contributed by atoms with Crippen LogP contribution in [0.25, 0.3) is 27.6 Å². The van der Waals surface area contributed by atoms with E-state index in [4.69, 9.17) is 11.6 Å². The molecular weight excluding hydrogens is 583 g/mol. The molecule has 7 rings (SSSR count). The van der Waals surface area contributed by atoms with Crippen LogP contribution in [0.1, 0.15) is 27.7 Å². The number of halogens is 2. The SMILES string of the molecule is O=C(Nc1ccc2cnccc2c1)C1c2cccc(-c3cncnc3)c2CCN1C(=O)c1cn(-c2cccc(Cl)c2F)nn1. The molecule has 0 saturated carbocycles. The highest BCUT2D eigenvalue weighted by atomic mass is 35.5. The minimum Gasteiger partial charge on any atom is -0.324 e. The van der Waals surface area contributed by atoms with Gasteiger partial charge in [-0.05, 0) is 58.8 Å². The lowest BCUT2D eigenvalue weighted by atomic mass is 9.86. The van der Waals surface area contributed by atoms with Gasteiger partial charge < -0.3 is 10.2 Å². The number of rotatable bonds is 5. The molecular formula is C32H22ClFN8O2. The van der Waals surface area contributed by atoms with E-state index in [2.05, 4.69) is 30.6 Å². The van der Waals surface area contributed by atoms with Crippen molar-refractivity contribution in [1.82, 2.24) is 34.8 Å². The Morgan fingerprint density at radius 3 is 2.66 bits per heavy atom. The zero-order chi connectivity index (χ0) is 30.2. The Morgan fingerprint density at radius 2 is 1.80 bits per heavy atom. The van der Waals surface area contributed by atoms with Gasteiger partial charge in [0.15, 0.2) is 11.5 Å². The van der Waals surface area contributed by atoms with Crippen molar-refractivity contribution in [3.05, 3.63) is 126 Å². The van der Waals surface area contributed by atoms with Gasteiger partial charge in [-0.1, -0.05) is 47.1 Å². The van der Waals surface area contributed by atoms with Crippen molar-refractivity contribution >= 4 is 39.9 Å². The second-order valence-corrected chi connectivity index (χ2v) is 10.6. The summed E-state index contributed by atoms with van der Waals surface area (Å²) in [6, 6.07) is 16.5. The third-order valence-electron chi connectivity index (χ3n) is 7.60. The molecule has 1 aliphatic rings. The molecule has 0 saturated heterocycles. The second-order valence-electron chi connectivity index (χ2n) is 10.2. The van der Waals surface area contributed by atoms with Crippen molar-refractivity contribution in [3.63, 3.8) is 0 Å². The minimum atomic E-state index is -1.00. The molecule has 1 aliphatic heterocycles. The second kappa shape index (κ2) is 11.3. The minimum absolute atomic E-state index is 0.0450. The molecule has 1 unspecified atom stereocenters. The number of anilines is 1. The summed E-state index contributed by atoms with van der Waals surface area (Å²) >= 11 is 5.95. The Labute approximate surface area is 255 Å². The first kappa shape index (κ1) is 27.3. The zero-order valence-electron chi connectivity index (χ0n) is 22.9. The first-order valence-corrected chi connectivity index (χ1v) is 14.1. The van der Waals surface area contributed by atoms with Gasteiger partial charge in [0.25, 0.3) is 11.8 Å². The van der Waals surface area contributed by atoms with Crippen molar-refractivity contribution in [2.45, 2.75) is 12.5 Å². The first-order valence-electron chi connectivity index (χ1n) is 13.7. The van der Waals surface area contributed by atoms with Crippen molar-refractivity contribution < 1.29 is 14.0 Å². The van der Waals surface area contributed by atoms with E-state index in [1.54, 1.807) is 36.9 Å². The molecule has 2 amide bonds. The van der Waals surface area contributed by atoms with E-state index in [-0.39, 0.29) is 22.9 Å². The fourth-order valence-corrected chi connectivity index (χ4v) is 5.72. The average Bonchev–Trinajstić information content (AvgIpc) is 3.55. The predicted molar refractivity (Wildman–Crippen MR) is 162 cm³/mol. The Kier molecular flexibility index (Phi) is 6.99. The van der Waals surface area contributed by atoms with Crippen molar-refractivity contribution in [2.75, 3.05) is 11.9 Å². The maximum Gasteiger partial charge on any atom is 0.277 e.